The molecule has 0 amide bonds. The van der Waals surface area contributed by atoms with Crippen LogP contribution < -0.4 is 10.6 Å². The van der Waals surface area contributed by atoms with E-state index < -0.39 is 0 Å². The van der Waals surface area contributed by atoms with Crippen molar-refractivity contribution in [3.05, 3.63) is 24.5 Å². The van der Waals surface area contributed by atoms with Gasteiger partial charge >= 0.3 is 0 Å². The van der Waals surface area contributed by atoms with Gasteiger partial charge in [0.1, 0.15) is 12.1 Å². The first kappa shape index (κ1) is 13.5. The molecule has 0 unspecified atom stereocenters. The molecule has 2 rings (SSSR count). The molecule has 0 aliphatic rings. The second kappa shape index (κ2) is 5.84. The number of aliphatic hydroxyl groups excluding tert-OH is 1. The molecule has 0 fully saturated rings. The van der Waals surface area contributed by atoms with Gasteiger partial charge in [0.2, 0.25) is 0 Å². The Morgan fingerprint density at radius 2 is 2.11 bits per heavy atom. The predicted molar refractivity (Wildman–Crippen MR) is 78.1 cm³/mol. The van der Waals surface area contributed by atoms with E-state index in [1.54, 1.807) is 6.33 Å². The first-order chi connectivity index (χ1) is 9.13. The topological polar surface area (TPSA) is 75.3 Å². The third kappa shape index (κ3) is 2.93. The molecule has 1 aromatic carbocycles. The maximum absolute atomic E-state index is 9.02. The Morgan fingerprint density at radius 3 is 2.79 bits per heavy atom. The maximum atomic E-state index is 9.02. The number of fused-ring (bicyclic) bond motifs is 1. The summed E-state index contributed by atoms with van der Waals surface area (Å²) >= 11 is 0. The second-order valence-corrected chi connectivity index (χ2v) is 4.84. The number of nitrogen functional groups attached to an aromatic ring is 1. The summed E-state index contributed by atoms with van der Waals surface area (Å²) in [6.45, 7) is 5.18. The minimum absolute atomic E-state index is 0.180. The van der Waals surface area contributed by atoms with Crippen molar-refractivity contribution < 1.29 is 5.11 Å². The summed E-state index contributed by atoms with van der Waals surface area (Å²) in [5, 5.41) is 10.0. The highest BCUT2D eigenvalue weighted by atomic mass is 16.3. The molecule has 0 saturated carbocycles. The summed E-state index contributed by atoms with van der Waals surface area (Å²) in [5.74, 6) is 0.897. The lowest BCUT2D eigenvalue weighted by molar-refractivity contribution is 0.288. The van der Waals surface area contributed by atoms with Crippen LogP contribution in [0, 0.1) is 0 Å². The number of aromatic nitrogens is 2. The van der Waals surface area contributed by atoms with Gasteiger partial charge in [-0.05, 0) is 38.5 Å². The van der Waals surface area contributed by atoms with Crippen molar-refractivity contribution in [3.8, 4) is 0 Å². The average Bonchev–Trinajstić information content (AvgIpc) is 2.38. The van der Waals surface area contributed by atoms with Crippen molar-refractivity contribution in [3.63, 3.8) is 0 Å². The summed E-state index contributed by atoms with van der Waals surface area (Å²) in [7, 11) is 0. The lowest BCUT2D eigenvalue weighted by Crippen LogP contribution is -2.33. The monoisotopic (exact) mass is 260 g/mol. The number of nitrogens with zero attached hydrogens (tertiary/aromatic N) is 3. The molecule has 0 atom stereocenters. The van der Waals surface area contributed by atoms with E-state index >= 15 is 0 Å². The Morgan fingerprint density at radius 1 is 1.32 bits per heavy atom. The number of anilines is 2. The zero-order valence-electron chi connectivity index (χ0n) is 11.4. The highest BCUT2D eigenvalue weighted by Gasteiger charge is 2.15. The molecule has 1 aromatic heterocycles. The molecule has 0 spiro atoms. The number of hydrogen-bond donors (Lipinski definition) is 2. The first-order valence-electron chi connectivity index (χ1n) is 6.51. The van der Waals surface area contributed by atoms with Crippen LogP contribution in [0.5, 0.6) is 0 Å². The molecule has 1 heterocycles. The molecule has 0 aliphatic carbocycles. The molecule has 19 heavy (non-hydrogen) atoms. The quantitative estimate of drug-likeness (QED) is 0.802. The van der Waals surface area contributed by atoms with E-state index in [1.165, 1.54) is 0 Å². The van der Waals surface area contributed by atoms with Crippen LogP contribution in [0.4, 0.5) is 11.5 Å². The van der Waals surface area contributed by atoms with Gasteiger partial charge in [-0.2, -0.15) is 0 Å². The molecule has 102 valence electrons. The van der Waals surface area contributed by atoms with Gasteiger partial charge in [0.25, 0.3) is 0 Å². The van der Waals surface area contributed by atoms with Gasteiger partial charge in [0, 0.05) is 30.3 Å². The van der Waals surface area contributed by atoms with E-state index in [0.29, 0.717) is 11.7 Å². The van der Waals surface area contributed by atoms with Crippen LogP contribution in [0.3, 0.4) is 0 Å². The van der Waals surface area contributed by atoms with E-state index in [9.17, 15) is 0 Å². The van der Waals surface area contributed by atoms with Crippen LogP contribution in [0.15, 0.2) is 24.5 Å². The molecule has 0 saturated heterocycles. The zero-order chi connectivity index (χ0) is 13.8. The standard InChI is InChI=1S/C14H20N4O/c1-10(2)18(6-3-7-19)14-12-5-4-11(15)8-13(12)16-9-17-14/h4-5,8-10,19H,3,6-7,15H2,1-2H3. The number of nitrogens with two attached hydrogens (primary N) is 1. The Kier molecular flexibility index (Phi) is 4.16. The van der Waals surface area contributed by atoms with Crippen LogP contribution in [-0.2, 0) is 0 Å². The average molecular weight is 260 g/mol. The molecule has 2 aromatic rings. The van der Waals surface area contributed by atoms with E-state index in [1.807, 2.05) is 18.2 Å². The SMILES string of the molecule is CC(C)N(CCCO)c1ncnc2cc(N)ccc12. The van der Waals surface area contributed by atoms with Gasteiger partial charge in [-0.1, -0.05) is 0 Å². The van der Waals surface area contributed by atoms with Crippen molar-refractivity contribution in [1.82, 2.24) is 9.97 Å². The fraction of sp³-hybridized carbons (Fsp3) is 0.429. The predicted octanol–water partition coefficient (Wildman–Crippen LogP) is 1.81. The number of hydrogen-bond acceptors (Lipinski definition) is 5. The summed E-state index contributed by atoms with van der Waals surface area (Å²) in [4.78, 5) is 10.8. The van der Waals surface area contributed by atoms with Crippen LogP contribution in [-0.4, -0.2) is 34.3 Å². The van der Waals surface area contributed by atoms with Gasteiger partial charge in [-0.15, -0.1) is 0 Å². The van der Waals surface area contributed by atoms with Gasteiger partial charge in [-0.25, -0.2) is 9.97 Å². The van der Waals surface area contributed by atoms with Crippen LogP contribution in [0.25, 0.3) is 10.9 Å². The third-order valence-electron chi connectivity index (χ3n) is 3.09. The van der Waals surface area contributed by atoms with Crippen molar-refractivity contribution in [2.24, 2.45) is 0 Å². The van der Waals surface area contributed by atoms with Gasteiger partial charge in [0.05, 0.1) is 5.52 Å². The number of aliphatic hydroxyl groups is 1. The molecule has 3 N–H and O–H groups in total. The Labute approximate surface area is 113 Å². The lowest BCUT2D eigenvalue weighted by atomic mass is 10.2. The molecular weight excluding hydrogens is 240 g/mol. The summed E-state index contributed by atoms with van der Waals surface area (Å²) < 4.78 is 0. The number of benzene rings is 1. The Balaban J connectivity index is 2.47. The van der Waals surface area contributed by atoms with E-state index in [-0.39, 0.29) is 6.61 Å². The van der Waals surface area contributed by atoms with Gasteiger partial charge in [-0.3, -0.25) is 0 Å². The smallest absolute Gasteiger partial charge is 0.140 e. The highest BCUT2D eigenvalue weighted by molar-refractivity contribution is 5.91. The summed E-state index contributed by atoms with van der Waals surface area (Å²) in [6, 6.07) is 5.97. The van der Waals surface area contributed by atoms with Crippen molar-refractivity contribution in [2.75, 3.05) is 23.8 Å². The fourth-order valence-corrected chi connectivity index (χ4v) is 2.14. The molecule has 5 nitrogen and oxygen atoms in total. The zero-order valence-corrected chi connectivity index (χ0v) is 11.4. The normalized spacial score (nSPS) is 11.2. The van der Waals surface area contributed by atoms with Crippen LogP contribution in [0.2, 0.25) is 0 Å². The summed E-state index contributed by atoms with van der Waals surface area (Å²) in [5.41, 5.74) is 7.33. The highest BCUT2D eigenvalue weighted by Crippen LogP contribution is 2.25. The third-order valence-corrected chi connectivity index (χ3v) is 3.09. The molecule has 5 heteroatoms. The van der Waals surface area contributed by atoms with E-state index in [2.05, 4.69) is 28.7 Å². The first-order valence-corrected chi connectivity index (χ1v) is 6.51. The van der Waals surface area contributed by atoms with E-state index in [4.69, 9.17) is 10.8 Å². The van der Waals surface area contributed by atoms with E-state index in [0.717, 1.165) is 29.7 Å². The molecular formula is C14H20N4O. The largest absolute Gasteiger partial charge is 0.399 e. The molecule has 0 aliphatic heterocycles. The maximum Gasteiger partial charge on any atom is 0.140 e. The van der Waals surface area contributed by atoms with Gasteiger partial charge < -0.3 is 15.7 Å². The van der Waals surface area contributed by atoms with Crippen molar-refractivity contribution in [2.45, 2.75) is 26.3 Å². The molecule has 0 radical (unpaired) electrons. The number of rotatable bonds is 5. The fourth-order valence-electron chi connectivity index (χ4n) is 2.14. The minimum Gasteiger partial charge on any atom is -0.399 e. The second-order valence-electron chi connectivity index (χ2n) is 4.84. The summed E-state index contributed by atoms with van der Waals surface area (Å²) in [6.07, 6.45) is 2.28. The molecule has 0 bridgehead atoms. The van der Waals surface area contributed by atoms with Crippen molar-refractivity contribution in [1.29, 1.82) is 0 Å². The Bertz CT molecular complexity index is 556. The van der Waals surface area contributed by atoms with Crippen LogP contribution >= 0.6 is 0 Å². The van der Waals surface area contributed by atoms with Crippen LogP contribution in [0.1, 0.15) is 20.3 Å². The van der Waals surface area contributed by atoms with Crippen molar-refractivity contribution >= 4 is 22.4 Å². The lowest BCUT2D eigenvalue weighted by Gasteiger charge is -2.28. The minimum atomic E-state index is 0.180. The Hall–Kier alpha value is -1.88. The van der Waals surface area contributed by atoms with Gasteiger partial charge in [0.15, 0.2) is 0 Å².